The summed E-state index contributed by atoms with van der Waals surface area (Å²) in [5, 5.41) is 11.2. The summed E-state index contributed by atoms with van der Waals surface area (Å²) in [5.41, 5.74) is 0.0913. The van der Waals surface area contributed by atoms with Gasteiger partial charge in [-0.1, -0.05) is 33.1 Å². The van der Waals surface area contributed by atoms with E-state index in [9.17, 15) is 9.59 Å². The number of hydrogen-bond donors (Lipinski definition) is 2. The summed E-state index contributed by atoms with van der Waals surface area (Å²) in [5.74, 6) is 0.988. The lowest BCUT2D eigenvalue weighted by molar-refractivity contribution is -0.122. The van der Waals surface area contributed by atoms with Crippen LogP contribution < -0.4 is 10.9 Å². The van der Waals surface area contributed by atoms with E-state index in [1.54, 1.807) is 0 Å². The predicted octanol–water partition coefficient (Wildman–Crippen LogP) is 2.58. The van der Waals surface area contributed by atoms with Crippen molar-refractivity contribution in [2.24, 2.45) is 0 Å². The molecule has 122 valence electrons. The SMILES string of the molecule is CCCCC(=O)NC(CC)c1nnc(C2CCCC2)[nH]c1=O. The second-order valence-corrected chi connectivity index (χ2v) is 6.04. The topological polar surface area (TPSA) is 87.7 Å². The molecule has 2 N–H and O–H groups in total. The molecule has 1 aliphatic carbocycles. The van der Waals surface area contributed by atoms with E-state index in [0.29, 0.717) is 30.3 Å². The average molecular weight is 306 g/mol. The number of hydrogen-bond acceptors (Lipinski definition) is 4. The van der Waals surface area contributed by atoms with Crippen LogP contribution in [0, 0.1) is 0 Å². The van der Waals surface area contributed by atoms with E-state index in [-0.39, 0.29) is 17.5 Å². The monoisotopic (exact) mass is 306 g/mol. The largest absolute Gasteiger partial charge is 0.347 e. The highest BCUT2D eigenvalue weighted by Crippen LogP contribution is 2.31. The summed E-state index contributed by atoms with van der Waals surface area (Å²) in [7, 11) is 0. The molecular weight excluding hydrogens is 280 g/mol. The number of amides is 1. The molecule has 22 heavy (non-hydrogen) atoms. The second-order valence-electron chi connectivity index (χ2n) is 6.04. The fourth-order valence-electron chi connectivity index (χ4n) is 2.94. The molecular formula is C16H26N4O2. The van der Waals surface area contributed by atoms with Gasteiger partial charge >= 0.3 is 0 Å². The zero-order chi connectivity index (χ0) is 15.9. The molecule has 1 aliphatic rings. The van der Waals surface area contributed by atoms with Crippen LogP contribution in [0.2, 0.25) is 0 Å². The Balaban J connectivity index is 2.08. The molecule has 1 aromatic rings. The zero-order valence-corrected chi connectivity index (χ0v) is 13.5. The van der Waals surface area contributed by atoms with Gasteiger partial charge < -0.3 is 10.3 Å². The third-order valence-electron chi connectivity index (χ3n) is 4.31. The number of nitrogens with zero attached hydrogens (tertiary/aromatic N) is 2. The number of nitrogens with one attached hydrogen (secondary N) is 2. The Morgan fingerprint density at radius 3 is 2.64 bits per heavy atom. The molecule has 1 heterocycles. The maximum Gasteiger partial charge on any atom is 0.275 e. The van der Waals surface area contributed by atoms with Crippen LogP contribution in [-0.2, 0) is 4.79 Å². The first kappa shape index (κ1) is 16.6. The molecule has 6 nitrogen and oxygen atoms in total. The van der Waals surface area contributed by atoms with Crippen LogP contribution in [0.4, 0.5) is 0 Å². The highest BCUT2D eigenvalue weighted by atomic mass is 16.2. The van der Waals surface area contributed by atoms with Crippen molar-refractivity contribution in [2.45, 2.75) is 77.2 Å². The van der Waals surface area contributed by atoms with Gasteiger partial charge in [0, 0.05) is 12.3 Å². The van der Waals surface area contributed by atoms with Crippen molar-refractivity contribution in [1.82, 2.24) is 20.5 Å². The van der Waals surface area contributed by atoms with E-state index in [2.05, 4.69) is 20.5 Å². The maximum atomic E-state index is 12.3. The molecule has 1 amide bonds. The van der Waals surface area contributed by atoms with E-state index >= 15 is 0 Å². The predicted molar refractivity (Wildman–Crippen MR) is 84.6 cm³/mol. The Bertz CT molecular complexity index is 549. The Hall–Kier alpha value is -1.72. The third-order valence-corrected chi connectivity index (χ3v) is 4.31. The summed E-state index contributed by atoms with van der Waals surface area (Å²) < 4.78 is 0. The molecule has 0 radical (unpaired) electrons. The number of carbonyl (C=O) groups excluding carboxylic acids is 1. The molecule has 1 fully saturated rings. The molecule has 1 atom stereocenters. The Morgan fingerprint density at radius 1 is 1.32 bits per heavy atom. The summed E-state index contributed by atoms with van der Waals surface area (Å²) in [6.45, 7) is 3.97. The minimum atomic E-state index is -0.363. The van der Waals surface area contributed by atoms with Gasteiger partial charge in [-0.05, 0) is 25.7 Å². The minimum absolute atomic E-state index is 0.0326. The van der Waals surface area contributed by atoms with Gasteiger partial charge in [-0.15, -0.1) is 10.2 Å². The van der Waals surface area contributed by atoms with Crippen molar-refractivity contribution < 1.29 is 4.79 Å². The van der Waals surface area contributed by atoms with Gasteiger partial charge in [-0.3, -0.25) is 9.59 Å². The van der Waals surface area contributed by atoms with Gasteiger partial charge in [0.15, 0.2) is 5.69 Å². The lowest BCUT2D eigenvalue weighted by Gasteiger charge is -2.16. The summed E-state index contributed by atoms with van der Waals surface area (Å²) in [6, 6.07) is -0.363. The first-order valence-electron chi connectivity index (χ1n) is 8.41. The van der Waals surface area contributed by atoms with Crippen LogP contribution >= 0.6 is 0 Å². The van der Waals surface area contributed by atoms with E-state index in [1.807, 2.05) is 13.8 Å². The quantitative estimate of drug-likeness (QED) is 0.810. The molecule has 0 bridgehead atoms. The number of aromatic nitrogens is 3. The first-order valence-corrected chi connectivity index (χ1v) is 8.41. The summed E-state index contributed by atoms with van der Waals surface area (Å²) in [6.07, 6.45) is 7.43. The van der Waals surface area contributed by atoms with Gasteiger partial charge in [-0.2, -0.15) is 0 Å². The van der Waals surface area contributed by atoms with E-state index in [0.717, 1.165) is 25.7 Å². The molecule has 1 unspecified atom stereocenters. The minimum Gasteiger partial charge on any atom is -0.347 e. The molecule has 0 aromatic carbocycles. The van der Waals surface area contributed by atoms with Gasteiger partial charge in [0.25, 0.3) is 5.56 Å². The van der Waals surface area contributed by atoms with Gasteiger partial charge in [-0.25, -0.2) is 0 Å². The van der Waals surface area contributed by atoms with Crippen LogP contribution in [0.3, 0.4) is 0 Å². The fraction of sp³-hybridized carbons (Fsp3) is 0.750. The van der Waals surface area contributed by atoms with Crippen molar-refractivity contribution in [1.29, 1.82) is 0 Å². The molecule has 0 spiro atoms. The second kappa shape index (κ2) is 8.06. The van der Waals surface area contributed by atoms with Gasteiger partial charge in [0.05, 0.1) is 6.04 Å². The lowest BCUT2D eigenvalue weighted by Crippen LogP contribution is -2.34. The van der Waals surface area contributed by atoms with Crippen LogP contribution in [0.1, 0.15) is 88.7 Å². The third kappa shape index (κ3) is 4.15. The summed E-state index contributed by atoms with van der Waals surface area (Å²) in [4.78, 5) is 27.0. The average Bonchev–Trinajstić information content (AvgIpc) is 3.05. The standard InChI is InChI=1S/C16H26N4O2/c1-3-5-10-13(21)17-12(4-2)14-16(22)18-15(20-19-14)11-8-6-7-9-11/h11-12H,3-10H2,1-2H3,(H,17,21)(H,18,20,22). The normalized spacial score (nSPS) is 16.6. The molecule has 0 saturated heterocycles. The molecule has 6 heteroatoms. The number of carbonyl (C=O) groups is 1. The smallest absolute Gasteiger partial charge is 0.275 e. The zero-order valence-electron chi connectivity index (χ0n) is 13.5. The van der Waals surface area contributed by atoms with Crippen LogP contribution in [0.5, 0.6) is 0 Å². The highest BCUT2D eigenvalue weighted by Gasteiger charge is 2.23. The number of unbranched alkanes of at least 4 members (excludes halogenated alkanes) is 1. The number of aromatic amines is 1. The van der Waals surface area contributed by atoms with Crippen molar-refractivity contribution in [2.75, 3.05) is 0 Å². The maximum absolute atomic E-state index is 12.3. The van der Waals surface area contributed by atoms with Crippen LogP contribution in [0.25, 0.3) is 0 Å². The molecule has 0 aliphatic heterocycles. The number of H-pyrrole nitrogens is 1. The van der Waals surface area contributed by atoms with Gasteiger partial charge in [0.1, 0.15) is 5.82 Å². The van der Waals surface area contributed by atoms with E-state index < -0.39 is 0 Å². The van der Waals surface area contributed by atoms with Gasteiger partial charge in [0.2, 0.25) is 5.91 Å². The fourth-order valence-corrected chi connectivity index (χ4v) is 2.94. The lowest BCUT2D eigenvalue weighted by atomic mass is 10.1. The number of rotatable bonds is 7. The van der Waals surface area contributed by atoms with Crippen molar-refractivity contribution in [3.8, 4) is 0 Å². The van der Waals surface area contributed by atoms with E-state index in [4.69, 9.17) is 0 Å². The van der Waals surface area contributed by atoms with E-state index in [1.165, 1.54) is 12.8 Å². The Kier molecular flexibility index (Phi) is 6.10. The van der Waals surface area contributed by atoms with Crippen LogP contribution in [0.15, 0.2) is 4.79 Å². The van der Waals surface area contributed by atoms with Crippen molar-refractivity contribution in [3.63, 3.8) is 0 Å². The highest BCUT2D eigenvalue weighted by molar-refractivity contribution is 5.76. The molecule has 2 rings (SSSR count). The Labute approximate surface area is 131 Å². The molecule has 1 saturated carbocycles. The van der Waals surface area contributed by atoms with Crippen LogP contribution in [-0.4, -0.2) is 21.1 Å². The first-order chi connectivity index (χ1) is 10.7. The van der Waals surface area contributed by atoms with Crippen molar-refractivity contribution >= 4 is 5.91 Å². The molecule has 1 aromatic heterocycles. The van der Waals surface area contributed by atoms with Crippen molar-refractivity contribution in [3.05, 3.63) is 21.9 Å². The summed E-state index contributed by atoms with van der Waals surface area (Å²) >= 11 is 0. The Morgan fingerprint density at radius 2 is 2.05 bits per heavy atom.